The fourth-order valence-electron chi connectivity index (χ4n) is 2.85. The minimum atomic E-state index is 0.983. The van der Waals surface area contributed by atoms with Crippen molar-refractivity contribution in [1.29, 1.82) is 0 Å². The Bertz CT molecular complexity index is 758. The number of aromatic nitrogens is 2. The van der Waals surface area contributed by atoms with Gasteiger partial charge in [0, 0.05) is 12.1 Å². The van der Waals surface area contributed by atoms with Gasteiger partial charge in [-0.25, -0.2) is 4.98 Å². The molecule has 0 unspecified atom stereocenters. The Morgan fingerprint density at radius 3 is 2.77 bits per heavy atom. The molecule has 0 aliphatic carbocycles. The summed E-state index contributed by atoms with van der Waals surface area (Å²) in [6.45, 7) is 7.31. The lowest BCUT2D eigenvalue weighted by atomic mass is 10.1. The molecule has 0 aliphatic rings. The van der Waals surface area contributed by atoms with Crippen LogP contribution in [0.4, 0.5) is 0 Å². The number of hydrogen-bond donors (Lipinski definition) is 1. The van der Waals surface area contributed by atoms with E-state index in [1.165, 1.54) is 16.6 Å². The molecule has 0 spiro atoms. The van der Waals surface area contributed by atoms with Crippen LogP contribution in [0.25, 0.3) is 22.4 Å². The third-order valence-corrected chi connectivity index (χ3v) is 3.92. The number of nitrogens with zero attached hydrogens (tertiary/aromatic N) is 2. The van der Waals surface area contributed by atoms with E-state index in [2.05, 4.69) is 72.3 Å². The molecule has 2 aromatic carbocycles. The first-order chi connectivity index (χ1) is 10.8. The lowest BCUT2D eigenvalue weighted by Gasteiger charge is -2.10. The lowest BCUT2D eigenvalue weighted by molar-refractivity contribution is 0.604. The molecule has 0 aliphatic heterocycles. The first-order valence-corrected chi connectivity index (χ1v) is 8.02. The van der Waals surface area contributed by atoms with E-state index in [0.717, 1.165) is 37.4 Å². The number of benzene rings is 2. The molecule has 0 bridgehead atoms. The third-order valence-electron chi connectivity index (χ3n) is 3.92. The van der Waals surface area contributed by atoms with Gasteiger partial charge in [-0.3, -0.25) is 0 Å². The van der Waals surface area contributed by atoms with Crippen molar-refractivity contribution in [2.24, 2.45) is 0 Å². The minimum Gasteiger partial charge on any atom is -0.324 e. The topological polar surface area (TPSA) is 29.9 Å². The summed E-state index contributed by atoms with van der Waals surface area (Å²) in [7, 11) is 0. The van der Waals surface area contributed by atoms with Crippen molar-refractivity contribution in [1.82, 2.24) is 14.9 Å². The Morgan fingerprint density at radius 2 is 1.95 bits per heavy atom. The number of imidazole rings is 1. The molecule has 1 aromatic heterocycles. The highest BCUT2D eigenvalue weighted by atomic mass is 15.1. The second-order valence-electron chi connectivity index (χ2n) is 5.65. The number of nitrogens with one attached hydrogen (secondary N) is 1. The molecule has 0 saturated heterocycles. The van der Waals surface area contributed by atoms with E-state index < -0.39 is 0 Å². The van der Waals surface area contributed by atoms with E-state index in [-0.39, 0.29) is 0 Å². The van der Waals surface area contributed by atoms with Crippen LogP contribution in [-0.2, 0) is 6.54 Å². The van der Waals surface area contributed by atoms with Gasteiger partial charge in [0.15, 0.2) is 0 Å². The Labute approximate surface area is 132 Å². The highest BCUT2D eigenvalue weighted by Crippen LogP contribution is 2.25. The average molecular weight is 293 g/mol. The standard InChI is InChI=1S/C19H23N3/c1-3-20-12-7-13-22-18-11-5-4-10-17(18)21-19(22)16-9-6-8-15(2)14-16/h4-6,8-11,14,20H,3,7,12-13H2,1-2H3. The average Bonchev–Trinajstić information content (AvgIpc) is 2.90. The Hall–Kier alpha value is -2.13. The van der Waals surface area contributed by atoms with Gasteiger partial charge >= 0.3 is 0 Å². The lowest BCUT2D eigenvalue weighted by Crippen LogP contribution is -2.16. The molecule has 1 N–H and O–H groups in total. The van der Waals surface area contributed by atoms with Crippen molar-refractivity contribution in [2.45, 2.75) is 26.8 Å². The molecule has 3 aromatic rings. The number of rotatable bonds is 6. The normalized spacial score (nSPS) is 11.2. The van der Waals surface area contributed by atoms with Gasteiger partial charge in [0.05, 0.1) is 11.0 Å². The summed E-state index contributed by atoms with van der Waals surface area (Å²) >= 11 is 0. The molecular weight excluding hydrogens is 270 g/mol. The van der Waals surface area contributed by atoms with Gasteiger partial charge in [0.1, 0.15) is 5.82 Å². The fourth-order valence-corrected chi connectivity index (χ4v) is 2.85. The fraction of sp³-hybridized carbons (Fsp3) is 0.316. The molecule has 114 valence electrons. The van der Waals surface area contributed by atoms with Gasteiger partial charge in [-0.05, 0) is 44.6 Å². The summed E-state index contributed by atoms with van der Waals surface area (Å²) in [5, 5.41) is 3.39. The van der Waals surface area contributed by atoms with E-state index in [1.54, 1.807) is 0 Å². The summed E-state index contributed by atoms with van der Waals surface area (Å²) in [5.41, 5.74) is 4.75. The summed E-state index contributed by atoms with van der Waals surface area (Å²) in [5.74, 6) is 1.07. The highest BCUT2D eigenvalue weighted by molar-refractivity contribution is 5.80. The zero-order valence-electron chi connectivity index (χ0n) is 13.3. The zero-order chi connectivity index (χ0) is 15.4. The monoisotopic (exact) mass is 293 g/mol. The smallest absolute Gasteiger partial charge is 0.141 e. The van der Waals surface area contributed by atoms with Crippen LogP contribution in [0.5, 0.6) is 0 Å². The second kappa shape index (κ2) is 6.75. The maximum atomic E-state index is 4.87. The molecule has 0 fully saturated rings. The molecular formula is C19H23N3. The maximum Gasteiger partial charge on any atom is 0.141 e. The molecule has 1 heterocycles. The van der Waals surface area contributed by atoms with Crippen molar-refractivity contribution in [3.8, 4) is 11.4 Å². The van der Waals surface area contributed by atoms with Gasteiger partial charge < -0.3 is 9.88 Å². The van der Waals surface area contributed by atoms with Crippen molar-refractivity contribution in [3.05, 3.63) is 54.1 Å². The van der Waals surface area contributed by atoms with Crippen LogP contribution in [0, 0.1) is 6.92 Å². The first-order valence-electron chi connectivity index (χ1n) is 8.02. The van der Waals surface area contributed by atoms with Crippen LogP contribution in [-0.4, -0.2) is 22.6 Å². The van der Waals surface area contributed by atoms with Crippen molar-refractivity contribution in [3.63, 3.8) is 0 Å². The van der Waals surface area contributed by atoms with E-state index in [4.69, 9.17) is 4.98 Å². The molecule has 0 saturated carbocycles. The number of hydrogen-bond acceptors (Lipinski definition) is 2. The van der Waals surface area contributed by atoms with Gasteiger partial charge in [0.2, 0.25) is 0 Å². The van der Waals surface area contributed by atoms with Crippen LogP contribution in [0.15, 0.2) is 48.5 Å². The molecule has 3 nitrogen and oxygen atoms in total. The molecule has 0 radical (unpaired) electrons. The van der Waals surface area contributed by atoms with Crippen LogP contribution in [0.1, 0.15) is 18.9 Å². The molecule has 0 atom stereocenters. The summed E-state index contributed by atoms with van der Waals surface area (Å²) in [6, 6.07) is 17.0. The number of fused-ring (bicyclic) bond motifs is 1. The third kappa shape index (κ3) is 3.04. The molecule has 0 amide bonds. The van der Waals surface area contributed by atoms with Gasteiger partial charge in [0.25, 0.3) is 0 Å². The Kier molecular flexibility index (Phi) is 4.54. The van der Waals surface area contributed by atoms with Crippen molar-refractivity contribution >= 4 is 11.0 Å². The van der Waals surface area contributed by atoms with Gasteiger partial charge in [-0.15, -0.1) is 0 Å². The Balaban J connectivity index is 2.00. The summed E-state index contributed by atoms with van der Waals surface area (Å²) in [6.07, 6.45) is 1.10. The minimum absolute atomic E-state index is 0.983. The van der Waals surface area contributed by atoms with E-state index >= 15 is 0 Å². The van der Waals surface area contributed by atoms with E-state index in [9.17, 15) is 0 Å². The second-order valence-corrected chi connectivity index (χ2v) is 5.65. The summed E-state index contributed by atoms with van der Waals surface area (Å²) in [4.78, 5) is 4.87. The van der Waals surface area contributed by atoms with Crippen LogP contribution in [0.3, 0.4) is 0 Å². The Morgan fingerprint density at radius 1 is 1.09 bits per heavy atom. The first kappa shape index (κ1) is 14.8. The molecule has 3 heteroatoms. The zero-order valence-corrected chi connectivity index (χ0v) is 13.3. The van der Waals surface area contributed by atoms with Gasteiger partial charge in [-0.1, -0.05) is 42.8 Å². The SMILES string of the molecule is CCNCCCn1c(-c2cccc(C)c2)nc2ccccc21. The molecule has 3 rings (SSSR count). The molecule has 22 heavy (non-hydrogen) atoms. The highest BCUT2D eigenvalue weighted by Gasteiger charge is 2.11. The number of para-hydroxylation sites is 2. The number of aryl methyl sites for hydroxylation is 2. The largest absolute Gasteiger partial charge is 0.324 e. The van der Waals surface area contributed by atoms with Crippen molar-refractivity contribution < 1.29 is 0 Å². The van der Waals surface area contributed by atoms with E-state index in [0.29, 0.717) is 0 Å². The van der Waals surface area contributed by atoms with Crippen LogP contribution in [0.2, 0.25) is 0 Å². The van der Waals surface area contributed by atoms with E-state index in [1.807, 2.05) is 0 Å². The van der Waals surface area contributed by atoms with Crippen molar-refractivity contribution in [2.75, 3.05) is 13.1 Å². The van der Waals surface area contributed by atoms with Gasteiger partial charge in [-0.2, -0.15) is 0 Å². The summed E-state index contributed by atoms with van der Waals surface area (Å²) < 4.78 is 2.35. The van der Waals surface area contributed by atoms with Crippen LogP contribution >= 0.6 is 0 Å². The van der Waals surface area contributed by atoms with Crippen LogP contribution < -0.4 is 5.32 Å². The quantitative estimate of drug-likeness (QED) is 0.696. The predicted molar refractivity (Wildman–Crippen MR) is 93.1 cm³/mol. The predicted octanol–water partition coefficient (Wildman–Crippen LogP) is 4.01. The maximum absolute atomic E-state index is 4.87.